The van der Waals surface area contributed by atoms with Gasteiger partial charge in [0.05, 0.1) is 5.56 Å². The van der Waals surface area contributed by atoms with Gasteiger partial charge in [0, 0.05) is 0 Å². The first kappa shape index (κ1) is 11.0. The molecule has 0 aromatic heterocycles. The molecule has 0 fully saturated rings. The van der Waals surface area contributed by atoms with Crippen molar-refractivity contribution in [3.05, 3.63) is 60.2 Å². The molecule has 3 aromatic carbocycles. The third-order valence-electron chi connectivity index (χ3n) is 3.17. The van der Waals surface area contributed by atoms with Crippen molar-refractivity contribution in [1.82, 2.24) is 0 Å². The second-order valence-corrected chi connectivity index (χ2v) is 4.59. The Balaban J connectivity index is 2.50. The molecule has 0 atom stereocenters. The zero-order valence-electron chi connectivity index (χ0n) is 10.0. The van der Waals surface area contributed by atoms with Gasteiger partial charge < -0.3 is 4.43 Å². The highest BCUT2D eigenvalue weighted by Gasteiger charge is 2.12. The molecule has 0 bridgehead atoms. The van der Waals surface area contributed by atoms with Crippen LogP contribution >= 0.6 is 0 Å². The summed E-state index contributed by atoms with van der Waals surface area (Å²) >= 11 is 0. The molecule has 0 saturated carbocycles. The number of rotatable bonds is 1. The van der Waals surface area contributed by atoms with E-state index < -0.39 is 0 Å². The zero-order valence-corrected chi connectivity index (χ0v) is 12.0. The molecule has 0 amide bonds. The molecule has 0 saturated heterocycles. The van der Waals surface area contributed by atoms with Gasteiger partial charge in [0.2, 0.25) is 10.5 Å². The highest BCUT2D eigenvalue weighted by Crippen LogP contribution is 2.28. The van der Waals surface area contributed by atoms with E-state index >= 15 is 0 Å². The summed E-state index contributed by atoms with van der Waals surface area (Å²) in [5.41, 5.74) is 0.652. The summed E-state index contributed by atoms with van der Waals surface area (Å²) in [4.78, 5) is 11.9. The van der Waals surface area contributed by atoms with Gasteiger partial charge >= 0.3 is 5.97 Å². The van der Waals surface area contributed by atoms with E-state index in [2.05, 4.69) is 6.07 Å². The normalized spacial score (nSPS) is 10.9. The molecule has 0 N–H and O–H groups in total. The predicted octanol–water partition coefficient (Wildman–Crippen LogP) is 2.43. The molecule has 88 valence electrons. The molecule has 2 nitrogen and oxygen atoms in total. The topological polar surface area (TPSA) is 26.3 Å². The van der Waals surface area contributed by atoms with Crippen LogP contribution in [0.2, 0.25) is 0 Å². The van der Waals surface area contributed by atoms with Gasteiger partial charge in [-0.3, -0.25) is 0 Å². The highest BCUT2D eigenvalue weighted by molar-refractivity contribution is 6.19. The van der Waals surface area contributed by atoms with E-state index in [1.165, 1.54) is 0 Å². The largest absolute Gasteiger partial charge is 0.525 e. The van der Waals surface area contributed by atoms with Crippen LogP contribution in [0.5, 0.6) is 0 Å². The first-order valence-electron chi connectivity index (χ1n) is 5.80. The lowest BCUT2D eigenvalue weighted by Crippen LogP contribution is -2.03. The molecular formula is C15H12O2Si. The Hall–Kier alpha value is -2.13. The SMILES string of the molecule is O=C(O[SiH3])c1cc2ccccc2c2ccccc12. The molecule has 0 radical (unpaired) electrons. The van der Waals surface area contributed by atoms with Gasteiger partial charge in [-0.05, 0) is 27.6 Å². The molecule has 3 rings (SSSR count). The van der Waals surface area contributed by atoms with Crippen molar-refractivity contribution in [1.29, 1.82) is 0 Å². The number of benzene rings is 3. The minimum atomic E-state index is -0.233. The summed E-state index contributed by atoms with van der Waals surface area (Å²) in [5, 5.41) is 4.28. The average Bonchev–Trinajstić information content (AvgIpc) is 2.45. The minimum absolute atomic E-state index is 0.233. The molecule has 0 heterocycles. The van der Waals surface area contributed by atoms with Gasteiger partial charge in [0.1, 0.15) is 0 Å². The van der Waals surface area contributed by atoms with E-state index in [0.717, 1.165) is 21.5 Å². The highest BCUT2D eigenvalue weighted by atomic mass is 28.2. The van der Waals surface area contributed by atoms with Crippen LogP contribution in [-0.2, 0) is 4.43 Å². The lowest BCUT2D eigenvalue weighted by molar-refractivity contribution is 0.0752. The standard InChI is InChI=1S/C15H12O2Si/c16-15(17-18)14-9-10-5-1-2-6-11(10)12-7-3-4-8-13(12)14/h1-9H,18H3. The van der Waals surface area contributed by atoms with Gasteiger partial charge in [0.25, 0.3) is 0 Å². The molecule has 3 heteroatoms. The average molecular weight is 252 g/mol. The maximum absolute atomic E-state index is 11.9. The van der Waals surface area contributed by atoms with Crippen LogP contribution in [-0.4, -0.2) is 16.5 Å². The fourth-order valence-electron chi connectivity index (χ4n) is 2.33. The predicted molar refractivity (Wildman–Crippen MR) is 76.8 cm³/mol. The summed E-state index contributed by atoms with van der Waals surface area (Å²) in [6.07, 6.45) is 0. The fraction of sp³-hybridized carbons (Fsp3) is 0. The van der Waals surface area contributed by atoms with Gasteiger partial charge in [-0.2, -0.15) is 0 Å². The molecule has 18 heavy (non-hydrogen) atoms. The van der Waals surface area contributed by atoms with Crippen molar-refractivity contribution >= 4 is 38.0 Å². The van der Waals surface area contributed by atoms with Crippen LogP contribution in [0.4, 0.5) is 0 Å². The smallest absolute Gasteiger partial charge is 0.324 e. The van der Waals surface area contributed by atoms with Gasteiger partial charge in [-0.1, -0.05) is 48.5 Å². The minimum Gasteiger partial charge on any atom is -0.525 e. The van der Waals surface area contributed by atoms with Crippen molar-refractivity contribution in [2.45, 2.75) is 0 Å². The van der Waals surface area contributed by atoms with Crippen LogP contribution < -0.4 is 0 Å². The van der Waals surface area contributed by atoms with Crippen molar-refractivity contribution in [3.8, 4) is 0 Å². The van der Waals surface area contributed by atoms with Crippen molar-refractivity contribution in [2.75, 3.05) is 0 Å². The Kier molecular flexibility index (Phi) is 2.61. The summed E-state index contributed by atoms with van der Waals surface area (Å²) in [6.45, 7) is 0. The van der Waals surface area contributed by atoms with Crippen LogP contribution in [0.1, 0.15) is 10.4 Å². The maximum atomic E-state index is 11.9. The number of carbonyl (C=O) groups is 1. The van der Waals surface area contributed by atoms with Gasteiger partial charge in [-0.25, -0.2) is 4.79 Å². The molecule has 0 spiro atoms. The molecule has 0 unspecified atom stereocenters. The molecule has 0 aliphatic carbocycles. The van der Waals surface area contributed by atoms with Gasteiger partial charge in [-0.15, -0.1) is 0 Å². The van der Waals surface area contributed by atoms with E-state index in [9.17, 15) is 4.79 Å². The zero-order chi connectivity index (χ0) is 12.5. The van der Waals surface area contributed by atoms with Crippen molar-refractivity contribution in [2.24, 2.45) is 0 Å². The summed E-state index contributed by atoms with van der Waals surface area (Å²) in [6, 6.07) is 18.0. The summed E-state index contributed by atoms with van der Waals surface area (Å²) < 4.78 is 4.99. The van der Waals surface area contributed by atoms with Crippen LogP contribution in [0.3, 0.4) is 0 Å². The quantitative estimate of drug-likeness (QED) is 0.491. The Morgan fingerprint density at radius 2 is 1.50 bits per heavy atom. The second-order valence-electron chi connectivity index (χ2n) is 4.18. The van der Waals surface area contributed by atoms with Crippen molar-refractivity contribution < 1.29 is 9.22 Å². The second kappa shape index (κ2) is 4.27. The number of fused-ring (bicyclic) bond motifs is 3. The lowest BCUT2D eigenvalue weighted by Gasteiger charge is -2.09. The summed E-state index contributed by atoms with van der Waals surface area (Å²) in [5.74, 6) is -0.233. The van der Waals surface area contributed by atoms with E-state index in [1.54, 1.807) is 0 Å². The van der Waals surface area contributed by atoms with E-state index in [1.807, 2.05) is 48.5 Å². The Bertz CT molecular complexity index is 750. The Labute approximate surface area is 108 Å². The van der Waals surface area contributed by atoms with E-state index in [-0.39, 0.29) is 5.97 Å². The van der Waals surface area contributed by atoms with Crippen molar-refractivity contribution in [3.63, 3.8) is 0 Å². The summed E-state index contributed by atoms with van der Waals surface area (Å²) in [7, 11) is 0.414. The lowest BCUT2D eigenvalue weighted by atomic mass is 9.97. The number of carbonyl (C=O) groups excluding carboxylic acids is 1. The number of hydrogen-bond acceptors (Lipinski definition) is 2. The molecule has 0 aliphatic heterocycles. The molecule has 3 aromatic rings. The number of hydrogen-bond donors (Lipinski definition) is 0. The molecular weight excluding hydrogens is 240 g/mol. The van der Waals surface area contributed by atoms with E-state index in [4.69, 9.17) is 4.43 Å². The monoisotopic (exact) mass is 252 g/mol. The Morgan fingerprint density at radius 3 is 2.22 bits per heavy atom. The first-order chi connectivity index (χ1) is 8.81. The third-order valence-corrected chi connectivity index (χ3v) is 3.54. The first-order valence-corrected chi connectivity index (χ1v) is 6.62. The van der Waals surface area contributed by atoms with Crippen LogP contribution in [0.15, 0.2) is 54.6 Å². The van der Waals surface area contributed by atoms with Crippen LogP contribution in [0.25, 0.3) is 21.5 Å². The fourth-order valence-corrected chi connectivity index (χ4v) is 2.55. The van der Waals surface area contributed by atoms with Crippen LogP contribution in [0, 0.1) is 0 Å². The Morgan fingerprint density at radius 1 is 0.889 bits per heavy atom. The third kappa shape index (κ3) is 1.60. The van der Waals surface area contributed by atoms with Gasteiger partial charge in [0.15, 0.2) is 0 Å². The van der Waals surface area contributed by atoms with E-state index in [0.29, 0.717) is 16.0 Å². The maximum Gasteiger partial charge on any atom is 0.324 e. The molecule has 0 aliphatic rings.